The predicted octanol–water partition coefficient (Wildman–Crippen LogP) is 3.40. The van der Waals surface area contributed by atoms with Gasteiger partial charge in [-0.3, -0.25) is 0 Å². The van der Waals surface area contributed by atoms with E-state index in [0.717, 1.165) is 6.42 Å². The summed E-state index contributed by atoms with van der Waals surface area (Å²) in [4.78, 5) is 0.154. The highest BCUT2D eigenvalue weighted by Gasteiger charge is 2.25. The molecule has 0 aromatic rings. The fraction of sp³-hybridized carbons (Fsp3) is 0.833. The van der Waals surface area contributed by atoms with Crippen LogP contribution in [0.2, 0.25) is 0 Å². The number of rotatable bonds is 6. The molecule has 3 atom stereocenters. The number of hydrogen-bond donors (Lipinski definition) is 1. The molecular formula is C12H24BrNOS. The van der Waals surface area contributed by atoms with Crippen LogP contribution in [0.1, 0.15) is 41.0 Å². The van der Waals surface area contributed by atoms with E-state index in [4.69, 9.17) is 0 Å². The molecule has 2 nitrogen and oxygen atoms in total. The van der Waals surface area contributed by atoms with Gasteiger partial charge in [0, 0.05) is 10.9 Å². The minimum absolute atomic E-state index is 0.154. The lowest BCUT2D eigenvalue weighted by Crippen LogP contribution is -2.44. The van der Waals surface area contributed by atoms with Gasteiger partial charge < -0.3 is 0 Å². The topological polar surface area (TPSA) is 29.1 Å². The minimum atomic E-state index is -1.03. The molecule has 4 heteroatoms. The summed E-state index contributed by atoms with van der Waals surface area (Å²) in [5.74, 6) is 0.564. The van der Waals surface area contributed by atoms with E-state index in [1.165, 1.54) is 0 Å². The monoisotopic (exact) mass is 309 g/mol. The van der Waals surface area contributed by atoms with Crippen molar-refractivity contribution in [1.29, 1.82) is 0 Å². The van der Waals surface area contributed by atoms with E-state index < -0.39 is 11.0 Å². The summed E-state index contributed by atoms with van der Waals surface area (Å²) in [6, 6.07) is 0.164. The van der Waals surface area contributed by atoms with Gasteiger partial charge in [-0.1, -0.05) is 35.9 Å². The van der Waals surface area contributed by atoms with Crippen molar-refractivity contribution >= 4 is 26.9 Å². The Bertz CT molecular complexity index is 248. The van der Waals surface area contributed by atoms with Crippen molar-refractivity contribution in [2.45, 2.75) is 56.7 Å². The van der Waals surface area contributed by atoms with E-state index in [0.29, 0.717) is 5.92 Å². The first-order chi connectivity index (χ1) is 7.18. The van der Waals surface area contributed by atoms with Crippen LogP contribution in [-0.4, -0.2) is 19.8 Å². The molecule has 2 unspecified atom stereocenters. The molecule has 0 saturated heterocycles. The normalized spacial score (nSPS) is 18.2. The maximum absolute atomic E-state index is 12.0. The third-order valence-corrected chi connectivity index (χ3v) is 4.79. The summed E-state index contributed by atoms with van der Waals surface area (Å²) in [6.45, 7) is 14.0. The Morgan fingerprint density at radius 2 is 1.94 bits per heavy atom. The van der Waals surface area contributed by atoms with E-state index in [1.54, 1.807) is 0 Å². The average molecular weight is 310 g/mol. The van der Waals surface area contributed by atoms with Crippen LogP contribution in [0.4, 0.5) is 0 Å². The lowest BCUT2D eigenvalue weighted by atomic mass is 10.0. The fourth-order valence-corrected chi connectivity index (χ4v) is 2.62. The molecule has 0 aliphatic carbocycles. The lowest BCUT2D eigenvalue weighted by molar-refractivity contribution is 0.477. The van der Waals surface area contributed by atoms with Crippen LogP contribution in [0.25, 0.3) is 0 Å². The van der Waals surface area contributed by atoms with Gasteiger partial charge in [-0.2, -0.15) is 0 Å². The van der Waals surface area contributed by atoms with Crippen molar-refractivity contribution in [2.24, 2.45) is 5.92 Å². The van der Waals surface area contributed by atoms with Gasteiger partial charge in [-0.25, -0.2) is 8.93 Å². The summed E-state index contributed by atoms with van der Waals surface area (Å²) in [7, 11) is -1.03. The second-order valence-electron chi connectivity index (χ2n) is 5.42. The number of halogens is 1. The number of nitrogens with one attached hydrogen (secondary N) is 1. The second kappa shape index (κ2) is 6.92. The molecule has 0 aromatic heterocycles. The fourth-order valence-electron chi connectivity index (χ4n) is 1.23. The van der Waals surface area contributed by atoms with Crippen molar-refractivity contribution in [3.63, 3.8) is 0 Å². The van der Waals surface area contributed by atoms with Gasteiger partial charge in [0.2, 0.25) is 0 Å². The summed E-state index contributed by atoms with van der Waals surface area (Å²) in [5, 5.41) is 0. The Morgan fingerprint density at radius 1 is 1.44 bits per heavy atom. The smallest absolute Gasteiger partial charge is 0.0973 e. The van der Waals surface area contributed by atoms with Crippen LogP contribution in [-0.2, 0) is 11.0 Å². The Morgan fingerprint density at radius 3 is 2.25 bits per heavy atom. The zero-order valence-corrected chi connectivity index (χ0v) is 13.3. The number of alkyl halides is 1. The molecule has 0 rings (SSSR count). The molecule has 0 heterocycles. The second-order valence-corrected chi connectivity index (χ2v) is 8.47. The Kier molecular flexibility index (Phi) is 7.06. The highest BCUT2D eigenvalue weighted by molar-refractivity contribution is 9.09. The zero-order chi connectivity index (χ0) is 12.9. The molecule has 96 valence electrons. The van der Waals surface area contributed by atoms with Crippen LogP contribution < -0.4 is 4.72 Å². The molecule has 16 heavy (non-hydrogen) atoms. The van der Waals surface area contributed by atoms with E-state index in [9.17, 15) is 4.21 Å². The molecule has 0 bridgehead atoms. The SMILES string of the molecule is C=CC(Br)[C@@H](CC(C)C)NS(=O)C(C)(C)C. The molecule has 0 amide bonds. The van der Waals surface area contributed by atoms with Gasteiger partial charge in [-0.05, 0) is 33.1 Å². The molecule has 1 N–H and O–H groups in total. The zero-order valence-electron chi connectivity index (χ0n) is 10.9. The molecule has 0 aromatic carbocycles. The Labute approximate surface area is 111 Å². The van der Waals surface area contributed by atoms with E-state index in [-0.39, 0.29) is 15.6 Å². The van der Waals surface area contributed by atoms with E-state index in [1.807, 2.05) is 26.8 Å². The minimum Gasteiger partial charge on any atom is -0.242 e. The summed E-state index contributed by atoms with van der Waals surface area (Å²) in [5.41, 5.74) is 0. The van der Waals surface area contributed by atoms with Crippen molar-refractivity contribution in [3.8, 4) is 0 Å². The highest BCUT2D eigenvalue weighted by atomic mass is 79.9. The Balaban J connectivity index is 4.55. The van der Waals surface area contributed by atoms with Crippen LogP contribution in [0.5, 0.6) is 0 Å². The summed E-state index contributed by atoms with van der Waals surface area (Å²) in [6.07, 6.45) is 2.82. The molecule has 0 saturated carbocycles. The quantitative estimate of drug-likeness (QED) is 0.591. The summed E-state index contributed by atoms with van der Waals surface area (Å²) < 4.78 is 15.0. The van der Waals surface area contributed by atoms with Crippen LogP contribution >= 0.6 is 15.9 Å². The molecular weight excluding hydrogens is 286 g/mol. The van der Waals surface area contributed by atoms with Gasteiger partial charge in [0.1, 0.15) is 0 Å². The van der Waals surface area contributed by atoms with E-state index >= 15 is 0 Å². The Hall–Kier alpha value is 0.330. The van der Waals surface area contributed by atoms with Crippen molar-refractivity contribution < 1.29 is 4.21 Å². The van der Waals surface area contributed by atoms with Gasteiger partial charge in [-0.15, -0.1) is 6.58 Å². The van der Waals surface area contributed by atoms with Crippen molar-refractivity contribution in [1.82, 2.24) is 4.72 Å². The van der Waals surface area contributed by atoms with Crippen LogP contribution in [0.15, 0.2) is 12.7 Å². The molecule has 0 aliphatic rings. The number of hydrogen-bond acceptors (Lipinski definition) is 1. The third kappa shape index (κ3) is 6.16. The first-order valence-electron chi connectivity index (χ1n) is 5.63. The lowest BCUT2D eigenvalue weighted by Gasteiger charge is -2.27. The molecule has 0 aliphatic heterocycles. The van der Waals surface area contributed by atoms with E-state index in [2.05, 4.69) is 41.1 Å². The standard InChI is InChI=1S/C12H24BrNOS/c1-7-10(13)11(8-9(2)3)14-16(15)12(4,5)6/h7,9-11,14H,1,8H2,2-6H3/t10?,11-,16?/m1/s1. The van der Waals surface area contributed by atoms with Crippen molar-refractivity contribution in [3.05, 3.63) is 12.7 Å². The van der Waals surface area contributed by atoms with Crippen LogP contribution in [0, 0.1) is 5.92 Å². The van der Waals surface area contributed by atoms with Gasteiger partial charge in [0.25, 0.3) is 0 Å². The van der Waals surface area contributed by atoms with Gasteiger partial charge >= 0.3 is 0 Å². The van der Waals surface area contributed by atoms with Crippen molar-refractivity contribution in [2.75, 3.05) is 0 Å². The molecule has 0 spiro atoms. The molecule has 0 fully saturated rings. The largest absolute Gasteiger partial charge is 0.242 e. The third-order valence-electron chi connectivity index (χ3n) is 2.15. The maximum atomic E-state index is 12.0. The first kappa shape index (κ1) is 16.3. The molecule has 0 radical (unpaired) electrons. The van der Waals surface area contributed by atoms with Gasteiger partial charge in [0.15, 0.2) is 0 Å². The highest BCUT2D eigenvalue weighted by Crippen LogP contribution is 2.18. The first-order valence-corrected chi connectivity index (χ1v) is 7.69. The average Bonchev–Trinajstić information content (AvgIpc) is 2.13. The predicted molar refractivity (Wildman–Crippen MR) is 77.2 cm³/mol. The van der Waals surface area contributed by atoms with Crippen LogP contribution in [0.3, 0.4) is 0 Å². The maximum Gasteiger partial charge on any atom is 0.0973 e. The summed E-state index contributed by atoms with van der Waals surface area (Å²) >= 11 is 3.55. The van der Waals surface area contributed by atoms with Gasteiger partial charge in [0.05, 0.1) is 15.7 Å².